The number of nitrogens with one attached hydrogen (secondary N) is 1. The number of hydrogen-bond donors (Lipinski definition) is 2. The predicted octanol–water partition coefficient (Wildman–Crippen LogP) is 3.92. The van der Waals surface area contributed by atoms with Gasteiger partial charge in [-0.15, -0.1) is 11.3 Å². The van der Waals surface area contributed by atoms with E-state index in [1.807, 2.05) is 4.90 Å². The van der Waals surface area contributed by atoms with Gasteiger partial charge in [0.15, 0.2) is 10.0 Å². The van der Waals surface area contributed by atoms with Gasteiger partial charge in [0.2, 0.25) is 5.91 Å². The zero-order chi connectivity index (χ0) is 20.2. The molecule has 0 bridgehead atoms. The quantitative estimate of drug-likeness (QED) is 0.617. The lowest BCUT2D eigenvalue weighted by molar-refractivity contribution is -0.128. The third kappa shape index (κ3) is 4.75. The van der Waals surface area contributed by atoms with Crippen LogP contribution in [0.2, 0.25) is 0 Å². The molecule has 1 saturated heterocycles. The Morgan fingerprint density at radius 1 is 1.31 bits per heavy atom. The number of likely N-dealkylation sites (tertiary alicyclic amines) is 1. The summed E-state index contributed by atoms with van der Waals surface area (Å²) in [5, 5.41) is 14.1. The number of rotatable bonds is 8. The van der Waals surface area contributed by atoms with Crippen molar-refractivity contribution in [1.29, 1.82) is 0 Å². The van der Waals surface area contributed by atoms with Crippen molar-refractivity contribution in [3.8, 4) is 0 Å². The SMILES string of the molecule is O=C(O)c1csc(SCCN2C(=O)CCC2CNc2cccc3c2CCCC3)n1. The van der Waals surface area contributed by atoms with Crippen LogP contribution in [-0.2, 0) is 17.6 Å². The highest BCUT2D eigenvalue weighted by molar-refractivity contribution is 8.01. The largest absolute Gasteiger partial charge is 0.476 e. The fourth-order valence-electron chi connectivity index (χ4n) is 4.14. The van der Waals surface area contributed by atoms with Gasteiger partial charge >= 0.3 is 5.97 Å². The van der Waals surface area contributed by atoms with Gasteiger partial charge in [0.1, 0.15) is 0 Å². The Balaban J connectivity index is 1.32. The number of anilines is 1. The van der Waals surface area contributed by atoms with Gasteiger partial charge in [0.25, 0.3) is 0 Å². The van der Waals surface area contributed by atoms with Crippen molar-refractivity contribution in [3.63, 3.8) is 0 Å². The molecule has 2 heterocycles. The summed E-state index contributed by atoms with van der Waals surface area (Å²) in [6.45, 7) is 1.43. The molecule has 2 aliphatic rings. The minimum Gasteiger partial charge on any atom is -0.476 e. The molecular weight excluding hydrogens is 406 g/mol. The fraction of sp³-hybridized carbons (Fsp3) is 0.476. The van der Waals surface area contributed by atoms with Crippen LogP contribution in [0.15, 0.2) is 27.9 Å². The summed E-state index contributed by atoms with van der Waals surface area (Å²) < 4.78 is 0.736. The normalized spacial score (nSPS) is 18.7. The van der Waals surface area contributed by atoms with Crippen molar-refractivity contribution in [3.05, 3.63) is 40.4 Å². The van der Waals surface area contributed by atoms with Gasteiger partial charge in [0, 0.05) is 42.4 Å². The average Bonchev–Trinajstić information content (AvgIpc) is 3.34. The number of amides is 1. The molecule has 8 heteroatoms. The van der Waals surface area contributed by atoms with Gasteiger partial charge in [-0.1, -0.05) is 23.9 Å². The van der Waals surface area contributed by atoms with Crippen molar-refractivity contribution in [2.45, 2.75) is 48.9 Å². The number of benzene rings is 1. The summed E-state index contributed by atoms with van der Waals surface area (Å²) in [6, 6.07) is 6.72. The van der Waals surface area contributed by atoms with E-state index in [1.54, 1.807) is 5.38 Å². The van der Waals surface area contributed by atoms with Crippen molar-refractivity contribution < 1.29 is 14.7 Å². The summed E-state index contributed by atoms with van der Waals surface area (Å²) in [5.41, 5.74) is 4.22. The van der Waals surface area contributed by atoms with Crippen LogP contribution in [0.25, 0.3) is 0 Å². The van der Waals surface area contributed by atoms with E-state index in [9.17, 15) is 9.59 Å². The minimum absolute atomic E-state index is 0.0861. The Bertz CT molecular complexity index is 899. The number of nitrogens with zero attached hydrogens (tertiary/aromatic N) is 2. The number of aromatic nitrogens is 1. The number of hydrogen-bond acceptors (Lipinski definition) is 6. The highest BCUT2D eigenvalue weighted by Crippen LogP contribution is 2.29. The molecule has 1 aromatic heterocycles. The Hall–Kier alpha value is -2.06. The van der Waals surface area contributed by atoms with Gasteiger partial charge in [-0.2, -0.15) is 0 Å². The topological polar surface area (TPSA) is 82.5 Å². The van der Waals surface area contributed by atoms with E-state index in [4.69, 9.17) is 5.11 Å². The van der Waals surface area contributed by atoms with Crippen LogP contribution in [0.1, 0.15) is 47.3 Å². The molecule has 29 heavy (non-hydrogen) atoms. The summed E-state index contributed by atoms with van der Waals surface area (Å²) in [7, 11) is 0. The Kier molecular flexibility index (Phi) is 6.40. The Morgan fingerprint density at radius 2 is 2.17 bits per heavy atom. The van der Waals surface area contributed by atoms with Crippen LogP contribution in [-0.4, -0.2) is 51.8 Å². The molecule has 0 radical (unpaired) electrons. The lowest BCUT2D eigenvalue weighted by Crippen LogP contribution is -2.39. The summed E-state index contributed by atoms with van der Waals surface area (Å²) >= 11 is 2.85. The molecule has 4 rings (SSSR count). The Labute approximate surface area is 178 Å². The molecule has 0 spiro atoms. The first-order chi connectivity index (χ1) is 14.1. The molecule has 1 atom stereocenters. The molecule has 6 nitrogen and oxygen atoms in total. The van der Waals surface area contributed by atoms with Crippen LogP contribution in [0.4, 0.5) is 5.69 Å². The number of thioether (sulfide) groups is 1. The average molecular weight is 432 g/mol. The van der Waals surface area contributed by atoms with Gasteiger partial charge in [0.05, 0.1) is 0 Å². The highest BCUT2D eigenvalue weighted by atomic mass is 32.2. The van der Waals surface area contributed by atoms with Crippen LogP contribution in [0.5, 0.6) is 0 Å². The molecule has 2 N–H and O–H groups in total. The van der Waals surface area contributed by atoms with Gasteiger partial charge in [-0.05, 0) is 49.3 Å². The second-order valence-corrected chi connectivity index (χ2v) is 9.66. The zero-order valence-electron chi connectivity index (χ0n) is 16.2. The standard InChI is InChI=1S/C21H25N3O3S2/c25-19-9-8-15(12-22-17-7-3-5-14-4-1-2-6-16(14)17)24(19)10-11-28-21-23-18(13-29-21)20(26)27/h3,5,7,13,15,22H,1-2,4,6,8-12H2,(H,26,27). The van der Waals surface area contributed by atoms with E-state index in [-0.39, 0.29) is 17.6 Å². The second-order valence-electron chi connectivity index (χ2n) is 7.46. The summed E-state index contributed by atoms with van der Waals surface area (Å²) in [6.07, 6.45) is 6.30. The molecule has 1 aliphatic carbocycles. The number of fused-ring (bicyclic) bond motifs is 1. The number of carbonyl (C=O) groups excluding carboxylic acids is 1. The molecule has 2 aromatic rings. The number of carboxylic acid groups (broad SMARTS) is 1. The molecular formula is C21H25N3O3S2. The van der Waals surface area contributed by atoms with Crippen molar-refractivity contribution in [2.75, 3.05) is 24.2 Å². The molecule has 1 unspecified atom stereocenters. The van der Waals surface area contributed by atoms with E-state index in [1.165, 1.54) is 52.8 Å². The number of aromatic carboxylic acids is 1. The molecule has 0 saturated carbocycles. The maximum Gasteiger partial charge on any atom is 0.355 e. The fourth-order valence-corrected chi connectivity index (χ4v) is 5.95. The third-order valence-corrected chi connectivity index (χ3v) is 7.64. The zero-order valence-corrected chi connectivity index (χ0v) is 17.9. The van der Waals surface area contributed by atoms with Crippen molar-refractivity contribution in [1.82, 2.24) is 9.88 Å². The number of carboxylic acids is 1. The molecule has 1 amide bonds. The molecule has 1 fully saturated rings. The number of thiazole rings is 1. The molecule has 154 valence electrons. The summed E-state index contributed by atoms with van der Waals surface area (Å²) in [4.78, 5) is 29.4. The maximum atomic E-state index is 12.4. The van der Waals surface area contributed by atoms with Crippen LogP contribution in [0.3, 0.4) is 0 Å². The first kappa shape index (κ1) is 20.2. The van der Waals surface area contributed by atoms with Crippen molar-refractivity contribution >= 4 is 40.7 Å². The lowest BCUT2D eigenvalue weighted by Gasteiger charge is -2.26. The smallest absolute Gasteiger partial charge is 0.355 e. The highest BCUT2D eigenvalue weighted by Gasteiger charge is 2.30. The molecule has 1 aromatic carbocycles. The summed E-state index contributed by atoms with van der Waals surface area (Å²) in [5.74, 6) is -0.0786. The molecule has 1 aliphatic heterocycles. The number of aryl methyl sites for hydroxylation is 1. The van der Waals surface area contributed by atoms with E-state index >= 15 is 0 Å². The third-order valence-electron chi connectivity index (χ3n) is 5.64. The van der Waals surface area contributed by atoms with E-state index < -0.39 is 5.97 Å². The van der Waals surface area contributed by atoms with Crippen LogP contribution >= 0.6 is 23.1 Å². The van der Waals surface area contributed by atoms with E-state index in [2.05, 4.69) is 28.5 Å². The Morgan fingerprint density at radius 3 is 3.00 bits per heavy atom. The van der Waals surface area contributed by atoms with E-state index in [0.29, 0.717) is 13.0 Å². The first-order valence-corrected chi connectivity index (χ1v) is 11.9. The van der Waals surface area contributed by atoms with Gasteiger partial charge in [-0.25, -0.2) is 9.78 Å². The second kappa shape index (κ2) is 9.17. The minimum atomic E-state index is -1.00. The van der Waals surface area contributed by atoms with Crippen LogP contribution < -0.4 is 5.32 Å². The first-order valence-electron chi connectivity index (χ1n) is 10.1. The lowest BCUT2D eigenvalue weighted by atomic mass is 9.90. The van der Waals surface area contributed by atoms with Crippen molar-refractivity contribution in [2.24, 2.45) is 0 Å². The van der Waals surface area contributed by atoms with E-state index in [0.717, 1.165) is 35.9 Å². The van der Waals surface area contributed by atoms with Crippen LogP contribution in [0, 0.1) is 0 Å². The maximum absolute atomic E-state index is 12.4. The number of carbonyl (C=O) groups is 2. The van der Waals surface area contributed by atoms with Gasteiger partial charge in [-0.3, -0.25) is 4.79 Å². The van der Waals surface area contributed by atoms with Gasteiger partial charge < -0.3 is 15.3 Å². The monoisotopic (exact) mass is 431 g/mol. The predicted molar refractivity (Wildman–Crippen MR) is 116 cm³/mol.